The van der Waals surface area contributed by atoms with Gasteiger partial charge in [0.25, 0.3) is 0 Å². The molecule has 1 heterocycles. The van der Waals surface area contributed by atoms with E-state index in [4.69, 9.17) is 0 Å². The molecule has 0 amide bonds. The van der Waals surface area contributed by atoms with E-state index in [1.54, 1.807) is 0 Å². The van der Waals surface area contributed by atoms with Gasteiger partial charge in [0.1, 0.15) is 0 Å². The molecule has 0 saturated heterocycles. The van der Waals surface area contributed by atoms with Gasteiger partial charge in [0.05, 0.1) is 15.9 Å². The lowest BCUT2D eigenvalue weighted by Crippen LogP contribution is -2.41. The van der Waals surface area contributed by atoms with Gasteiger partial charge in [-0.2, -0.15) is 5.10 Å². The van der Waals surface area contributed by atoms with Crippen LogP contribution in [0.2, 0.25) is 0 Å². The van der Waals surface area contributed by atoms with Crippen LogP contribution in [0.5, 0.6) is 0 Å². The zero-order valence-electron chi connectivity index (χ0n) is 14.0. The van der Waals surface area contributed by atoms with Crippen LogP contribution in [0, 0.1) is 12.3 Å². The van der Waals surface area contributed by atoms with Crippen molar-refractivity contribution in [1.29, 1.82) is 0 Å². The first-order chi connectivity index (χ1) is 9.97. The molecule has 1 aliphatic carbocycles. The van der Waals surface area contributed by atoms with Crippen molar-refractivity contribution in [2.24, 2.45) is 5.41 Å². The maximum absolute atomic E-state index is 4.67. The van der Waals surface area contributed by atoms with Crippen LogP contribution in [0.15, 0.2) is 4.47 Å². The van der Waals surface area contributed by atoms with Gasteiger partial charge >= 0.3 is 0 Å². The summed E-state index contributed by atoms with van der Waals surface area (Å²) in [5, 5.41) is 8.36. The van der Waals surface area contributed by atoms with Gasteiger partial charge in [-0.05, 0) is 54.5 Å². The zero-order valence-corrected chi connectivity index (χ0v) is 15.6. The molecule has 1 saturated carbocycles. The molecule has 1 fully saturated rings. The summed E-state index contributed by atoms with van der Waals surface area (Å²) in [5.74, 6) is 0. The number of nitrogens with zero attached hydrogens (tertiary/aromatic N) is 2. The molecule has 2 rings (SSSR count). The van der Waals surface area contributed by atoms with Crippen LogP contribution in [-0.2, 0) is 13.0 Å². The first-order valence-corrected chi connectivity index (χ1v) is 9.22. The molecule has 4 heteroatoms. The smallest absolute Gasteiger partial charge is 0.0738 e. The van der Waals surface area contributed by atoms with Crippen LogP contribution in [-0.4, -0.2) is 22.4 Å². The number of rotatable bonds is 6. The third-order valence-electron chi connectivity index (χ3n) is 4.79. The Bertz CT molecular complexity index is 459. The average molecular weight is 356 g/mol. The summed E-state index contributed by atoms with van der Waals surface area (Å²) in [6.07, 6.45) is 7.96. The van der Waals surface area contributed by atoms with E-state index in [1.807, 2.05) is 0 Å². The molecular formula is C17H30BrN3. The topological polar surface area (TPSA) is 29.9 Å². The fourth-order valence-electron chi connectivity index (χ4n) is 3.53. The molecule has 120 valence electrons. The van der Waals surface area contributed by atoms with Gasteiger partial charge in [-0.25, -0.2) is 0 Å². The van der Waals surface area contributed by atoms with Gasteiger partial charge < -0.3 is 5.32 Å². The average Bonchev–Trinajstić information content (AvgIpc) is 2.74. The maximum Gasteiger partial charge on any atom is 0.0738 e. The number of aromatic nitrogens is 2. The monoisotopic (exact) mass is 355 g/mol. The molecule has 1 aromatic heterocycles. The Balaban J connectivity index is 2.22. The van der Waals surface area contributed by atoms with Crippen molar-refractivity contribution < 1.29 is 0 Å². The van der Waals surface area contributed by atoms with Gasteiger partial charge in [-0.15, -0.1) is 0 Å². The Morgan fingerprint density at radius 1 is 1.29 bits per heavy atom. The summed E-state index contributed by atoms with van der Waals surface area (Å²) in [6, 6.07) is 0.560. The second-order valence-electron chi connectivity index (χ2n) is 6.93. The van der Waals surface area contributed by atoms with E-state index in [1.165, 1.54) is 42.3 Å². The minimum Gasteiger partial charge on any atom is -0.314 e. The number of aryl methyl sites for hydroxylation is 2. The molecule has 3 nitrogen and oxygen atoms in total. The molecule has 0 aliphatic heterocycles. The first-order valence-electron chi connectivity index (χ1n) is 8.42. The lowest BCUT2D eigenvalue weighted by Gasteiger charge is -2.38. The van der Waals surface area contributed by atoms with Crippen molar-refractivity contribution in [3.63, 3.8) is 0 Å². The molecule has 21 heavy (non-hydrogen) atoms. The van der Waals surface area contributed by atoms with Crippen molar-refractivity contribution in [2.75, 3.05) is 6.54 Å². The molecule has 0 unspecified atom stereocenters. The second-order valence-corrected chi connectivity index (χ2v) is 7.73. The van der Waals surface area contributed by atoms with Crippen molar-refractivity contribution in [3.8, 4) is 0 Å². The Kier molecular flexibility index (Phi) is 5.89. The molecule has 0 radical (unpaired) electrons. The highest BCUT2D eigenvalue weighted by Crippen LogP contribution is 2.40. The minimum absolute atomic E-state index is 0.407. The Morgan fingerprint density at radius 3 is 2.52 bits per heavy atom. The van der Waals surface area contributed by atoms with Crippen LogP contribution in [0.25, 0.3) is 0 Å². The quantitative estimate of drug-likeness (QED) is 0.815. The fourth-order valence-corrected chi connectivity index (χ4v) is 3.96. The fraction of sp³-hybridized carbons (Fsp3) is 0.824. The minimum atomic E-state index is 0.407. The van der Waals surface area contributed by atoms with E-state index in [0.717, 1.165) is 25.2 Å². The zero-order chi connectivity index (χ0) is 15.5. The molecule has 0 bridgehead atoms. The molecule has 1 aliphatic rings. The molecule has 0 aromatic carbocycles. The summed E-state index contributed by atoms with van der Waals surface area (Å²) in [4.78, 5) is 0. The summed E-state index contributed by atoms with van der Waals surface area (Å²) in [5.41, 5.74) is 2.92. The third-order valence-corrected chi connectivity index (χ3v) is 5.83. The molecule has 0 atom stereocenters. The summed E-state index contributed by atoms with van der Waals surface area (Å²) < 4.78 is 3.41. The van der Waals surface area contributed by atoms with Crippen LogP contribution in [0.4, 0.5) is 0 Å². The third kappa shape index (κ3) is 4.10. The Hall–Kier alpha value is -0.350. The van der Waals surface area contributed by atoms with E-state index < -0.39 is 0 Å². The number of nitrogens with one attached hydrogen (secondary N) is 1. The van der Waals surface area contributed by atoms with E-state index in [9.17, 15) is 0 Å². The predicted molar refractivity (Wildman–Crippen MR) is 92.7 cm³/mol. The molecule has 0 spiro atoms. The first kappa shape index (κ1) is 17.0. The number of halogens is 1. The van der Waals surface area contributed by atoms with Gasteiger partial charge in [-0.1, -0.05) is 33.1 Å². The highest BCUT2D eigenvalue weighted by molar-refractivity contribution is 9.10. The van der Waals surface area contributed by atoms with Crippen LogP contribution in [0.3, 0.4) is 0 Å². The van der Waals surface area contributed by atoms with E-state index >= 15 is 0 Å². The Labute approximate surface area is 138 Å². The van der Waals surface area contributed by atoms with E-state index in [0.29, 0.717) is 11.5 Å². The SMILES string of the molecule is CCn1nc(C)c(Br)c1CC1(CNC(C)C)CCCCC1. The largest absolute Gasteiger partial charge is 0.314 e. The summed E-state index contributed by atoms with van der Waals surface area (Å²) >= 11 is 3.77. The molecule has 1 aromatic rings. The van der Waals surface area contributed by atoms with Gasteiger partial charge in [0.2, 0.25) is 0 Å². The van der Waals surface area contributed by atoms with Gasteiger partial charge in [0, 0.05) is 19.1 Å². The van der Waals surface area contributed by atoms with Crippen molar-refractivity contribution in [3.05, 3.63) is 15.9 Å². The summed E-state index contributed by atoms with van der Waals surface area (Å²) in [7, 11) is 0. The van der Waals surface area contributed by atoms with E-state index in [2.05, 4.69) is 58.7 Å². The lowest BCUT2D eigenvalue weighted by molar-refractivity contribution is 0.172. The highest BCUT2D eigenvalue weighted by Gasteiger charge is 2.34. The Morgan fingerprint density at radius 2 is 1.95 bits per heavy atom. The molecule has 1 N–H and O–H groups in total. The van der Waals surface area contributed by atoms with Crippen molar-refractivity contribution in [1.82, 2.24) is 15.1 Å². The number of hydrogen-bond donors (Lipinski definition) is 1. The van der Waals surface area contributed by atoms with Crippen LogP contribution >= 0.6 is 15.9 Å². The maximum atomic E-state index is 4.67. The highest BCUT2D eigenvalue weighted by atomic mass is 79.9. The number of hydrogen-bond acceptors (Lipinski definition) is 2. The normalized spacial score (nSPS) is 18.4. The van der Waals surface area contributed by atoms with Crippen LogP contribution < -0.4 is 5.32 Å². The van der Waals surface area contributed by atoms with Crippen LogP contribution in [0.1, 0.15) is 64.3 Å². The van der Waals surface area contributed by atoms with Gasteiger partial charge in [-0.3, -0.25) is 4.68 Å². The summed E-state index contributed by atoms with van der Waals surface area (Å²) in [6.45, 7) is 10.8. The van der Waals surface area contributed by atoms with Crippen molar-refractivity contribution in [2.45, 2.75) is 78.8 Å². The van der Waals surface area contributed by atoms with Gasteiger partial charge in [0.15, 0.2) is 0 Å². The standard InChI is InChI=1S/C17H30BrN3/c1-5-21-15(16(18)14(4)20-21)11-17(12-19-13(2)3)9-7-6-8-10-17/h13,19H,5-12H2,1-4H3. The molecular weight excluding hydrogens is 326 g/mol. The lowest BCUT2D eigenvalue weighted by atomic mass is 9.71. The van der Waals surface area contributed by atoms with Crippen molar-refractivity contribution >= 4 is 15.9 Å². The predicted octanol–water partition coefficient (Wildman–Crippen LogP) is 4.46. The second kappa shape index (κ2) is 7.28. The van der Waals surface area contributed by atoms with E-state index in [-0.39, 0.29) is 0 Å².